The number of aliphatic imine (C=N–C) groups is 1. The molecule has 3 aromatic rings. The number of amides is 1. The first kappa shape index (κ1) is 18.3. The van der Waals surface area contributed by atoms with Crippen LogP contribution in [0.3, 0.4) is 0 Å². The van der Waals surface area contributed by atoms with Crippen molar-refractivity contribution < 1.29 is 14.3 Å². The molecule has 0 bridgehead atoms. The molecule has 1 aliphatic heterocycles. The van der Waals surface area contributed by atoms with Gasteiger partial charge in [-0.05, 0) is 60.5 Å². The summed E-state index contributed by atoms with van der Waals surface area (Å²) in [6.07, 6.45) is 4.78. The van der Waals surface area contributed by atoms with Gasteiger partial charge in [-0.15, -0.1) is 0 Å². The molecule has 144 valence electrons. The van der Waals surface area contributed by atoms with Gasteiger partial charge in [0.2, 0.25) is 11.8 Å². The van der Waals surface area contributed by atoms with Crippen LogP contribution in [-0.4, -0.2) is 32.5 Å². The minimum atomic E-state index is -0.510. The van der Waals surface area contributed by atoms with Gasteiger partial charge in [-0.1, -0.05) is 6.07 Å². The van der Waals surface area contributed by atoms with Crippen LogP contribution in [-0.2, 0) is 14.3 Å². The summed E-state index contributed by atoms with van der Waals surface area (Å²) in [6.45, 7) is 3.39. The average Bonchev–Trinajstić information content (AvgIpc) is 3.33. The third-order valence-electron chi connectivity index (χ3n) is 4.26. The van der Waals surface area contributed by atoms with E-state index in [2.05, 4.69) is 20.4 Å². The smallest absolute Gasteiger partial charge is 0.363 e. The normalized spacial score (nSPS) is 14.6. The van der Waals surface area contributed by atoms with Gasteiger partial charge in [-0.2, -0.15) is 5.10 Å². The quantitative estimate of drug-likeness (QED) is 0.548. The van der Waals surface area contributed by atoms with Crippen molar-refractivity contribution in [2.24, 2.45) is 4.99 Å². The Morgan fingerprint density at radius 1 is 1.17 bits per heavy atom. The van der Waals surface area contributed by atoms with Crippen molar-refractivity contribution in [3.8, 4) is 5.69 Å². The van der Waals surface area contributed by atoms with Gasteiger partial charge in [0.25, 0.3) is 0 Å². The van der Waals surface area contributed by atoms with E-state index in [-0.39, 0.29) is 17.5 Å². The number of nitrogens with zero attached hydrogens (tertiary/aromatic N) is 4. The number of nitrogens with one attached hydrogen (secondary N) is 1. The van der Waals surface area contributed by atoms with Crippen LogP contribution in [0.1, 0.15) is 23.6 Å². The third-order valence-corrected chi connectivity index (χ3v) is 4.26. The zero-order valence-electron chi connectivity index (χ0n) is 15.8. The summed E-state index contributed by atoms with van der Waals surface area (Å²) in [6, 6.07) is 12.6. The molecule has 0 unspecified atom stereocenters. The van der Waals surface area contributed by atoms with Crippen molar-refractivity contribution in [3.05, 3.63) is 77.5 Å². The first-order chi connectivity index (χ1) is 14.0. The number of carbonyl (C=O) groups is 2. The molecule has 1 aliphatic rings. The van der Waals surface area contributed by atoms with E-state index in [4.69, 9.17) is 4.74 Å². The van der Waals surface area contributed by atoms with Gasteiger partial charge in [-0.3, -0.25) is 4.79 Å². The number of carbonyl (C=O) groups excluding carboxylic acids is 2. The number of aryl methyl sites for hydroxylation is 1. The van der Waals surface area contributed by atoms with Gasteiger partial charge in [0.1, 0.15) is 12.7 Å². The molecule has 4 rings (SSSR count). The fraction of sp³-hybridized carbons (Fsp3) is 0.0952. The molecule has 8 heteroatoms. The van der Waals surface area contributed by atoms with Gasteiger partial charge < -0.3 is 10.1 Å². The van der Waals surface area contributed by atoms with E-state index in [1.54, 1.807) is 41.4 Å². The molecule has 0 fully saturated rings. The first-order valence-corrected chi connectivity index (χ1v) is 8.86. The standard InChI is InChI=1S/C21H17N5O3/c1-13-9-15(3-8-19(13)26-12-22-11-23-26)10-18-21(28)29-20(25-18)16-4-6-17(7-5-16)24-14(2)27/h3-12H,1-2H3,(H,24,27)/b18-10+. The van der Waals surface area contributed by atoms with Crippen molar-refractivity contribution in [3.63, 3.8) is 0 Å². The van der Waals surface area contributed by atoms with Gasteiger partial charge in [0.05, 0.1) is 5.69 Å². The lowest BCUT2D eigenvalue weighted by Crippen LogP contribution is -2.07. The molecule has 2 heterocycles. The molecule has 0 aliphatic carbocycles. The van der Waals surface area contributed by atoms with Crippen LogP contribution in [0.25, 0.3) is 11.8 Å². The highest BCUT2D eigenvalue weighted by Gasteiger charge is 2.24. The van der Waals surface area contributed by atoms with Crippen molar-refractivity contribution in [1.29, 1.82) is 0 Å². The molecule has 0 spiro atoms. The Kier molecular flexibility index (Phi) is 4.74. The van der Waals surface area contributed by atoms with E-state index in [0.29, 0.717) is 11.3 Å². The lowest BCUT2D eigenvalue weighted by Gasteiger charge is -2.06. The average molecular weight is 387 g/mol. The number of benzene rings is 2. The van der Waals surface area contributed by atoms with Gasteiger partial charge in [0, 0.05) is 18.2 Å². The summed E-state index contributed by atoms with van der Waals surface area (Å²) < 4.78 is 6.98. The number of anilines is 1. The molecule has 2 aromatic carbocycles. The van der Waals surface area contributed by atoms with Crippen LogP contribution in [0.5, 0.6) is 0 Å². The second kappa shape index (κ2) is 7.51. The minimum Gasteiger partial charge on any atom is -0.402 e. The van der Waals surface area contributed by atoms with Crippen LogP contribution < -0.4 is 5.32 Å². The number of rotatable bonds is 4. The highest BCUT2D eigenvalue weighted by Crippen LogP contribution is 2.22. The Balaban J connectivity index is 1.58. The zero-order chi connectivity index (χ0) is 20.4. The fourth-order valence-corrected chi connectivity index (χ4v) is 2.95. The maximum absolute atomic E-state index is 12.2. The van der Waals surface area contributed by atoms with E-state index < -0.39 is 5.97 Å². The topological polar surface area (TPSA) is 98.5 Å². The molecular formula is C21H17N5O3. The lowest BCUT2D eigenvalue weighted by atomic mass is 10.1. The van der Waals surface area contributed by atoms with E-state index in [0.717, 1.165) is 16.8 Å². The molecular weight excluding hydrogens is 370 g/mol. The molecule has 1 amide bonds. The molecule has 0 saturated carbocycles. The number of aromatic nitrogens is 3. The highest BCUT2D eigenvalue weighted by atomic mass is 16.6. The van der Waals surface area contributed by atoms with Crippen molar-refractivity contribution in [1.82, 2.24) is 14.8 Å². The van der Waals surface area contributed by atoms with Crippen LogP contribution in [0.15, 0.2) is 65.8 Å². The monoisotopic (exact) mass is 387 g/mol. The first-order valence-electron chi connectivity index (χ1n) is 8.86. The number of hydrogen-bond acceptors (Lipinski definition) is 6. The maximum atomic E-state index is 12.2. The Bertz CT molecular complexity index is 1150. The number of ether oxygens (including phenoxy) is 1. The van der Waals surface area contributed by atoms with Crippen molar-refractivity contribution >= 4 is 29.5 Å². The molecule has 1 aromatic heterocycles. The third kappa shape index (κ3) is 3.96. The Labute approximate surface area is 166 Å². The Morgan fingerprint density at radius 2 is 1.97 bits per heavy atom. The predicted molar refractivity (Wildman–Crippen MR) is 107 cm³/mol. The lowest BCUT2D eigenvalue weighted by molar-refractivity contribution is -0.129. The van der Waals surface area contributed by atoms with Crippen LogP contribution in [0.4, 0.5) is 5.69 Å². The number of esters is 1. The molecule has 1 N–H and O–H groups in total. The highest BCUT2D eigenvalue weighted by molar-refractivity contribution is 6.13. The maximum Gasteiger partial charge on any atom is 0.363 e. The number of hydrogen-bond donors (Lipinski definition) is 1. The molecule has 0 radical (unpaired) electrons. The summed E-state index contributed by atoms with van der Waals surface area (Å²) in [4.78, 5) is 31.6. The summed E-state index contributed by atoms with van der Waals surface area (Å²) in [5, 5.41) is 6.81. The SMILES string of the molecule is CC(=O)Nc1ccc(C2=N/C(=C/c3ccc(-n4cncn4)c(C)c3)C(=O)O2)cc1. The molecule has 8 nitrogen and oxygen atoms in total. The Hall–Kier alpha value is -4.07. The fourth-order valence-electron chi connectivity index (χ4n) is 2.95. The van der Waals surface area contributed by atoms with E-state index in [1.165, 1.54) is 13.3 Å². The second-order valence-corrected chi connectivity index (χ2v) is 6.48. The Morgan fingerprint density at radius 3 is 2.62 bits per heavy atom. The van der Waals surface area contributed by atoms with Crippen LogP contribution in [0, 0.1) is 6.92 Å². The molecule has 0 atom stereocenters. The van der Waals surface area contributed by atoms with Crippen LogP contribution in [0.2, 0.25) is 0 Å². The largest absolute Gasteiger partial charge is 0.402 e. The van der Waals surface area contributed by atoms with Crippen LogP contribution >= 0.6 is 0 Å². The summed E-state index contributed by atoms with van der Waals surface area (Å²) in [5.74, 6) is -0.437. The van der Waals surface area contributed by atoms with Gasteiger partial charge in [0.15, 0.2) is 5.70 Å². The van der Waals surface area contributed by atoms with Gasteiger partial charge >= 0.3 is 5.97 Å². The van der Waals surface area contributed by atoms with Crippen molar-refractivity contribution in [2.75, 3.05) is 5.32 Å². The van der Waals surface area contributed by atoms with Gasteiger partial charge in [-0.25, -0.2) is 19.5 Å². The van der Waals surface area contributed by atoms with Crippen molar-refractivity contribution in [2.45, 2.75) is 13.8 Å². The number of cyclic esters (lactones) is 1. The zero-order valence-corrected chi connectivity index (χ0v) is 15.8. The van der Waals surface area contributed by atoms with E-state index in [9.17, 15) is 9.59 Å². The summed E-state index contributed by atoms with van der Waals surface area (Å²) in [7, 11) is 0. The van der Waals surface area contributed by atoms with E-state index >= 15 is 0 Å². The van der Waals surface area contributed by atoms with E-state index in [1.807, 2.05) is 25.1 Å². The molecule has 0 saturated heterocycles. The molecule has 29 heavy (non-hydrogen) atoms. The minimum absolute atomic E-state index is 0.155. The summed E-state index contributed by atoms with van der Waals surface area (Å²) in [5.41, 5.74) is 4.23. The summed E-state index contributed by atoms with van der Waals surface area (Å²) >= 11 is 0. The predicted octanol–water partition coefficient (Wildman–Crippen LogP) is 2.88. The second-order valence-electron chi connectivity index (χ2n) is 6.48.